The molecule has 1 amide bonds. The average molecular weight is 311 g/mol. The quantitative estimate of drug-likeness (QED) is 0.755. The number of carbonyl (C=O) groups is 1. The van der Waals surface area contributed by atoms with E-state index in [9.17, 15) is 13.2 Å². The fourth-order valence-corrected chi connectivity index (χ4v) is 2.54. The highest BCUT2D eigenvalue weighted by Gasteiger charge is 2.16. The number of nitrogens with zero attached hydrogens (tertiary/aromatic N) is 1. The third-order valence-corrected chi connectivity index (χ3v) is 3.81. The molecular formula is C12H13N3O5S. The van der Waals surface area contributed by atoms with Crippen molar-refractivity contribution in [1.82, 2.24) is 5.16 Å². The van der Waals surface area contributed by atoms with Gasteiger partial charge in [0.1, 0.15) is 6.61 Å². The smallest absolute Gasteiger partial charge is 0.263 e. The van der Waals surface area contributed by atoms with Crippen LogP contribution < -0.4 is 10.0 Å². The number of benzene rings is 1. The lowest BCUT2D eigenvalue weighted by atomic mass is 10.3. The van der Waals surface area contributed by atoms with Crippen LogP contribution in [0.4, 0.5) is 11.5 Å². The Labute approximate surface area is 120 Å². The summed E-state index contributed by atoms with van der Waals surface area (Å²) in [6, 6.07) is 6.92. The van der Waals surface area contributed by atoms with Gasteiger partial charge in [0.15, 0.2) is 11.6 Å². The molecule has 2 aromatic rings. The minimum atomic E-state index is -3.82. The maximum atomic E-state index is 12.1. The van der Waals surface area contributed by atoms with Crippen LogP contribution in [0, 0.1) is 0 Å². The van der Waals surface area contributed by atoms with Gasteiger partial charge in [0.05, 0.1) is 4.90 Å². The van der Waals surface area contributed by atoms with Crippen LogP contribution in [-0.4, -0.2) is 24.6 Å². The number of hydrogen-bond acceptors (Lipinski definition) is 6. The van der Waals surface area contributed by atoms with Gasteiger partial charge in [0.25, 0.3) is 10.0 Å². The van der Waals surface area contributed by atoms with Gasteiger partial charge in [-0.05, 0) is 24.3 Å². The fraction of sp³-hybridized carbons (Fsp3) is 0.167. The molecule has 0 saturated carbocycles. The van der Waals surface area contributed by atoms with E-state index in [1.54, 1.807) is 0 Å². The van der Waals surface area contributed by atoms with Gasteiger partial charge in [-0.15, -0.1) is 0 Å². The van der Waals surface area contributed by atoms with Gasteiger partial charge in [0, 0.05) is 18.7 Å². The van der Waals surface area contributed by atoms with Gasteiger partial charge >= 0.3 is 0 Å². The molecular weight excluding hydrogens is 298 g/mol. The Morgan fingerprint density at radius 3 is 2.52 bits per heavy atom. The first-order valence-corrected chi connectivity index (χ1v) is 7.36. The van der Waals surface area contributed by atoms with Crippen molar-refractivity contribution in [1.29, 1.82) is 0 Å². The van der Waals surface area contributed by atoms with E-state index in [2.05, 4.69) is 19.7 Å². The van der Waals surface area contributed by atoms with Gasteiger partial charge < -0.3 is 14.9 Å². The van der Waals surface area contributed by atoms with E-state index >= 15 is 0 Å². The first-order valence-electron chi connectivity index (χ1n) is 5.87. The fourth-order valence-electron chi connectivity index (χ4n) is 1.55. The van der Waals surface area contributed by atoms with Crippen LogP contribution in [-0.2, 0) is 21.4 Å². The van der Waals surface area contributed by atoms with E-state index < -0.39 is 10.0 Å². The number of amides is 1. The molecule has 1 aromatic heterocycles. The van der Waals surface area contributed by atoms with E-state index in [-0.39, 0.29) is 29.0 Å². The second-order valence-corrected chi connectivity index (χ2v) is 5.83. The van der Waals surface area contributed by atoms with Crippen molar-refractivity contribution in [3.05, 3.63) is 36.1 Å². The molecule has 0 radical (unpaired) electrons. The zero-order valence-corrected chi connectivity index (χ0v) is 11.8. The molecule has 0 atom stereocenters. The number of aliphatic hydroxyl groups excluding tert-OH is 1. The van der Waals surface area contributed by atoms with Gasteiger partial charge in [-0.25, -0.2) is 8.42 Å². The van der Waals surface area contributed by atoms with Crippen LogP contribution in [0.15, 0.2) is 39.8 Å². The molecule has 0 aliphatic carbocycles. The van der Waals surface area contributed by atoms with E-state index in [4.69, 9.17) is 5.11 Å². The van der Waals surface area contributed by atoms with E-state index in [0.717, 1.165) is 0 Å². The number of hydrogen-bond donors (Lipinski definition) is 3. The Bertz CT molecular complexity index is 737. The average Bonchev–Trinajstić information content (AvgIpc) is 2.85. The summed E-state index contributed by atoms with van der Waals surface area (Å²) in [7, 11) is -3.82. The molecule has 0 fully saturated rings. The maximum absolute atomic E-state index is 12.1. The molecule has 9 heteroatoms. The summed E-state index contributed by atoms with van der Waals surface area (Å²) in [5, 5.41) is 14.8. The van der Waals surface area contributed by atoms with Crippen molar-refractivity contribution in [3.8, 4) is 0 Å². The summed E-state index contributed by atoms with van der Waals surface area (Å²) >= 11 is 0. The highest BCUT2D eigenvalue weighted by atomic mass is 32.2. The topological polar surface area (TPSA) is 122 Å². The van der Waals surface area contributed by atoms with Crippen LogP contribution in [0.5, 0.6) is 0 Å². The van der Waals surface area contributed by atoms with Gasteiger partial charge in [-0.2, -0.15) is 0 Å². The number of aromatic nitrogens is 1. The minimum absolute atomic E-state index is 0.00477. The summed E-state index contributed by atoms with van der Waals surface area (Å²) in [5.41, 5.74) is 0.491. The predicted molar refractivity (Wildman–Crippen MR) is 74.0 cm³/mol. The van der Waals surface area contributed by atoms with Crippen molar-refractivity contribution < 1.29 is 22.8 Å². The van der Waals surface area contributed by atoms with Crippen molar-refractivity contribution in [2.75, 3.05) is 10.0 Å². The number of nitrogens with one attached hydrogen (secondary N) is 2. The Kier molecular flexibility index (Phi) is 4.24. The highest BCUT2D eigenvalue weighted by Crippen LogP contribution is 2.18. The van der Waals surface area contributed by atoms with E-state index in [1.807, 2.05) is 0 Å². The minimum Gasteiger partial charge on any atom is -0.388 e. The molecule has 0 aliphatic rings. The second kappa shape index (κ2) is 5.94. The molecule has 0 bridgehead atoms. The summed E-state index contributed by atoms with van der Waals surface area (Å²) in [4.78, 5) is 10.9. The van der Waals surface area contributed by atoms with Crippen LogP contribution in [0.2, 0.25) is 0 Å². The summed E-state index contributed by atoms with van der Waals surface area (Å²) < 4.78 is 31.1. The molecule has 112 valence electrons. The Balaban J connectivity index is 2.17. The second-order valence-electron chi connectivity index (χ2n) is 4.15. The largest absolute Gasteiger partial charge is 0.388 e. The van der Waals surface area contributed by atoms with Crippen LogP contribution in [0.25, 0.3) is 0 Å². The molecule has 1 heterocycles. The molecule has 1 aromatic carbocycles. The molecule has 8 nitrogen and oxygen atoms in total. The number of anilines is 2. The first-order chi connectivity index (χ1) is 9.90. The molecule has 0 saturated heterocycles. The lowest BCUT2D eigenvalue weighted by Crippen LogP contribution is -2.13. The van der Waals surface area contributed by atoms with Crippen molar-refractivity contribution >= 4 is 27.4 Å². The van der Waals surface area contributed by atoms with E-state index in [0.29, 0.717) is 5.69 Å². The van der Waals surface area contributed by atoms with Gasteiger partial charge in [0.2, 0.25) is 5.91 Å². The SMILES string of the molecule is CC(=O)Nc1ccc(S(=O)(=O)Nc2cc(CO)on2)cc1. The normalized spacial score (nSPS) is 11.1. The van der Waals surface area contributed by atoms with Crippen molar-refractivity contribution in [2.24, 2.45) is 0 Å². The van der Waals surface area contributed by atoms with Crippen LogP contribution in [0.1, 0.15) is 12.7 Å². The Hall–Kier alpha value is -2.39. The number of aliphatic hydroxyl groups is 1. The van der Waals surface area contributed by atoms with Crippen LogP contribution in [0.3, 0.4) is 0 Å². The third-order valence-electron chi connectivity index (χ3n) is 2.44. The highest BCUT2D eigenvalue weighted by molar-refractivity contribution is 7.92. The molecule has 21 heavy (non-hydrogen) atoms. The lowest BCUT2D eigenvalue weighted by Gasteiger charge is -2.06. The summed E-state index contributed by atoms with van der Waals surface area (Å²) in [6.45, 7) is 0.982. The summed E-state index contributed by atoms with van der Waals surface area (Å²) in [6.07, 6.45) is 0. The van der Waals surface area contributed by atoms with Gasteiger partial charge in [-0.3, -0.25) is 9.52 Å². The first kappa shape index (κ1) is 15.0. The standard InChI is InChI=1S/C12H13N3O5S/c1-8(17)13-9-2-4-11(5-3-9)21(18,19)15-12-6-10(7-16)20-14-12/h2-6,16H,7H2,1H3,(H,13,17)(H,14,15). The van der Waals surface area contributed by atoms with Crippen LogP contribution >= 0.6 is 0 Å². The predicted octanol–water partition coefficient (Wildman–Crippen LogP) is 0.926. The number of sulfonamides is 1. The summed E-state index contributed by atoms with van der Waals surface area (Å²) in [5.74, 6) is -0.124. The number of rotatable bonds is 5. The number of carbonyl (C=O) groups excluding carboxylic acids is 1. The Morgan fingerprint density at radius 2 is 2.00 bits per heavy atom. The monoisotopic (exact) mass is 311 g/mol. The zero-order chi connectivity index (χ0) is 15.5. The molecule has 0 aliphatic heterocycles. The third kappa shape index (κ3) is 3.80. The molecule has 0 unspecified atom stereocenters. The molecule has 0 spiro atoms. The van der Waals surface area contributed by atoms with Gasteiger partial charge in [-0.1, -0.05) is 5.16 Å². The molecule has 3 N–H and O–H groups in total. The lowest BCUT2D eigenvalue weighted by molar-refractivity contribution is -0.114. The molecule has 2 rings (SSSR count). The van der Waals surface area contributed by atoms with Crippen molar-refractivity contribution in [3.63, 3.8) is 0 Å². The zero-order valence-electron chi connectivity index (χ0n) is 11.0. The Morgan fingerprint density at radius 1 is 1.33 bits per heavy atom. The van der Waals surface area contributed by atoms with E-state index in [1.165, 1.54) is 37.3 Å². The van der Waals surface area contributed by atoms with Crippen molar-refractivity contribution in [2.45, 2.75) is 18.4 Å². The maximum Gasteiger partial charge on any atom is 0.263 e.